The highest BCUT2D eigenvalue weighted by molar-refractivity contribution is 9.11. The molecule has 0 radical (unpaired) electrons. The number of aryl methyl sites for hydroxylation is 2. The zero-order chi connectivity index (χ0) is 13.3. The minimum absolute atomic E-state index is 0.443. The Balaban J connectivity index is 2.43. The van der Waals surface area contributed by atoms with Gasteiger partial charge < -0.3 is 4.74 Å². The Bertz CT molecular complexity index is 644. The third-order valence-corrected chi connectivity index (χ3v) is 3.49. The molecule has 1 aromatic heterocycles. The molecule has 6 heteroatoms. The highest BCUT2D eigenvalue weighted by Crippen LogP contribution is 2.33. The van der Waals surface area contributed by atoms with Gasteiger partial charge in [0, 0.05) is 11.5 Å². The van der Waals surface area contributed by atoms with Gasteiger partial charge in [0.2, 0.25) is 5.88 Å². The van der Waals surface area contributed by atoms with Crippen LogP contribution in [0.3, 0.4) is 0 Å². The van der Waals surface area contributed by atoms with Crippen molar-refractivity contribution in [3.8, 4) is 17.7 Å². The molecule has 92 valence electrons. The second kappa shape index (κ2) is 5.12. The summed E-state index contributed by atoms with van der Waals surface area (Å²) in [5.74, 6) is 1.08. The van der Waals surface area contributed by atoms with Crippen LogP contribution in [0.2, 0.25) is 0 Å². The van der Waals surface area contributed by atoms with E-state index in [1.54, 1.807) is 18.7 Å². The number of halogens is 2. The molecule has 0 aliphatic heterocycles. The van der Waals surface area contributed by atoms with E-state index >= 15 is 0 Å². The number of rotatable bonds is 2. The summed E-state index contributed by atoms with van der Waals surface area (Å²) < 4.78 is 9.06. The van der Waals surface area contributed by atoms with Crippen molar-refractivity contribution in [2.24, 2.45) is 7.05 Å². The molecule has 18 heavy (non-hydrogen) atoms. The van der Waals surface area contributed by atoms with E-state index in [1.165, 1.54) is 0 Å². The maximum Gasteiger partial charge on any atom is 0.235 e. The molecular weight excluding hydrogens is 362 g/mol. The van der Waals surface area contributed by atoms with Crippen LogP contribution in [0, 0.1) is 18.3 Å². The van der Waals surface area contributed by atoms with E-state index in [1.807, 2.05) is 18.2 Å². The van der Waals surface area contributed by atoms with Gasteiger partial charge in [-0.1, -0.05) is 15.9 Å². The van der Waals surface area contributed by atoms with E-state index in [0.29, 0.717) is 22.9 Å². The first-order valence-corrected chi connectivity index (χ1v) is 6.68. The predicted octanol–water partition coefficient (Wildman–Crippen LogP) is 3.92. The number of hydrogen-bond donors (Lipinski definition) is 0. The van der Waals surface area contributed by atoms with Gasteiger partial charge in [-0.05, 0) is 41.1 Å². The zero-order valence-electron chi connectivity index (χ0n) is 9.74. The van der Waals surface area contributed by atoms with Gasteiger partial charge in [-0.2, -0.15) is 10.4 Å². The van der Waals surface area contributed by atoms with Gasteiger partial charge in [-0.25, -0.2) is 4.68 Å². The fourth-order valence-corrected chi connectivity index (χ4v) is 2.67. The van der Waals surface area contributed by atoms with E-state index in [-0.39, 0.29) is 0 Å². The van der Waals surface area contributed by atoms with Crippen LogP contribution in [-0.2, 0) is 7.05 Å². The molecule has 0 N–H and O–H groups in total. The Morgan fingerprint density at radius 2 is 2.11 bits per heavy atom. The largest absolute Gasteiger partial charge is 0.437 e. The molecule has 2 rings (SSSR count). The monoisotopic (exact) mass is 369 g/mol. The summed E-state index contributed by atoms with van der Waals surface area (Å²) >= 11 is 6.79. The van der Waals surface area contributed by atoms with Crippen LogP contribution >= 0.6 is 31.9 Å². The van der Waals surface area contributed by atoms with Gasteiger partial charge in [0.15, 0.2) is 0 Å². The van der Waals surface area contributed by atoms with Crippen molar-refractivity contribution in [2.45, 2.75) is 6.92 Å². The van der Waals surface area contributed by atoms with Crippen LogP contribution in [0.25, 0.3) is 0 Å². The number of hydrogen-bond acceptors (Lipinski definition) is 3. The van der Waals surface area contributed by atoms with Crippen molar-refractivity contribution < 1.29 is 4.74 Å². The Morgan fingerprint density at radius 3 is 2.72 bits per heavy atom. The van der Waals surface area contributed by atoms with Crippen molar-refractivity contribution >= 4 is 31.9 Å². The molecule has 0 unspecified atom stereocenters. The molecule has 0 atom stereocenters. The number of nitriles is 1. The fraction of sp³-hybridized carbons (Fsp3) is 0.167. The van der Waals surface area contributed by atoms with Crippen molar-refractivity contribution in [1.82, 2.24) is 9.78 Å². The minimum Gasteiger partial charge on any atom is -0.437 e. The quantitative estimate of drug-likeness (QED) is 0.804. The first-order valence-electron chi connectivity index (χ1n) is 5.09. The normalized spacial score (nSPS) is 10.2. The van der Waals surface area contributed by atoms with Crippen LogP contribution in [0.5, 0.6) is 11.6 Å². The smallest absolute Gasteiger partial charge is 0.235 e. The lowest BCUT2D eigenvalue weighted by Crippen LogP contribution is -1.96. The van der Waals surface area contributed by atoms with E-state index in [9.17, 15) is 0 Å². The second-order valence-corrected chi connectivity index (χ2v) is 5.45. The summed E-state index contributed by atoms with van der Waals surface area (Å²) in [6.07, 6.45) is 0. The Kier molecular flexibility index (Phi) is 3.73. The molecule has 0 aliphatic carbocycles. The average Bonchev–Trinajstić information content (AvgIpc) is 2.57. The summed E-state index contributed by atoms with van der Waals surface area (Å²) in [5.41, 5.74) is 1.11. The van der Waals surface area contributed by atoms with Gasteiger partial charge in [0.05, 0.1) is 10.2 Å². The number of nitrogens with zero attached hydrogens (tertiary/aromatic N) is 3. The van der Waals surface area contributed by atoms with Crippen LogP contribution in [0.4, 0.5) is 0 Å². The summed E-state index contributed by atoms with van der Waals surface area (Å²) in [4.78, 5) is 0. The Morgan fingerprint density at radius 1 is 1.39 bits per heavy atom. The van der Waals surface area contributed by atoms with Gasteiger partial charge in [0.1, 0.15) is 17.4 Å². The fourth-order valence-electron chi connectivity index (χ4n) is 1.54. The molecule has 0 fully saturated rings. The van der Waals surface area contributed by atoms with Crippen LogP contribution < -0.4 is 4.74 Å². The van der Waals surface area contributed by atoms with Crippen LogP contribution in [0.15, 0.2) is 27.1 Å². The first-order chi connectivity index (χ1) is 8.52. The second-order valence-electron chi connectivity index (χ2n) is 3.68. The molecule has 4 nitrogen and oxygen atoms in total. The topological polar surface area (TPSA) is 50.8 Å². The van der Waals surface area contributed by atoms with Crippen molar-refractivity contribution in [1.29, 1.82) is 5.26 Å². The molecule has 0 saturated carbocycles. The SMILES string of the molecule is Cc1nn(C)c(Oc2ccc(Br)cc2Br)c1C#N. The van der Waals surface area contributed by atoms with Gasteiger partial charge in [0.25, 0.3) is 0 Å². The predicted molar refractivity (Wildman–Crippen MR) is 74.6 cm³/mol. The lowest BCUT2D eigenvalue weighted by Gasteiger charge is -2.08. The molecule has 0 aliphatic rings. The molecule has 0 saturated heterocycles. The summed E-state index contributed by atoms with van der Waals surface area (Å²) in [5, 5.41) is 13.3. The molecule has 2 aromatic rings. The van der Waals surface area contributed by atoms with Gasteiger partial charge in [-0.15, -0.1) is 0 Å². The number of benzene rings is 1. The highest BCUT2D eigenvalue weighted by atomic mass is 79.9. The average molecular weight is 371 g/mol. The molecule has 1 heterocycles. The molecular formula is C12H9Br2N3O. The lowest BCUT2D eigenvalue weighted by molar-refractivity contribution is 0.427. The van der Waals surface area contributed by atoms with E-state index < -0.39 is 0 Å². The third kappa shape index (κ3) is 2.42. The van der Waals surface area contributed by atoms with E-state index in [2.05, 4.69) is 43.0 Å². The van der Waals surface area contributed by atoms with E-state index in [4.69, 9.17) is 10.00 Å². The number of ether oxygens (including phenoxy) is 1. The van der Waals surface area contributed by atoms with Crippen LogP contribution in [0.1, 0.15) is 11.3 Å². The van der Waals surface area contributed by atoms with Crippen molar-refractivity contribution in [3.63, 3.8) is 0 Å². The lowest BCUT2D eigenvalue weighted by atomic mass is 10.3. The standard InChI is InChI=1S/C12H9Br2N3O/c1-7-9(6-15)12(17(2)16-7)18-11-4-3-8(13)5-10(11)14/h3-5H,1-2H3. The molecule has 0 amide bonds. The Labute approximate surface area is 121 Å². The zero-order valence-corrected chi connectivity index (χ0v) is 12.9. The van der Waals surface area contributed by atoms with Gasteiger partial charge in [-0.3, -0.25) is 0 Å². The first kappa shape index (κ1) is 13.1. The highest BCUT2D eigenvalue weighted by Gasteiger charge is 2.16. The maximum atomic E-state index is 9.10. The third-order valence-electron chi connectivity index (χ3n) is 2.38. The number of aromatic nitrogens is 2. The molecule has 0 bridgehead atoms. The molecule has 1 aromatic carbocycles. The minimum atomic E-state index is 0.443. The van der Waals surface area contributed by atoms with Crippen molar-refractivity contribution in [2.75, 3.05) is 0 Å². The summed E-state index contributed by atoms with van der Waals surface area (Å²) in [7, 11) is 1.75. The van der Waals surface area contributed by atoms with Crippen molar-refractivity contribution in [3.05, 3.63) is 38.4 Å². The van der Waals surface area contributed by atoms with E-state index in [0.717, 1.165) is 8.95 Å². The summed E-state index contributed by atoms with van der Waals surface area (Å²) in [6, 6.07) is 7.67. The molecule has 0 spiro atoms. The van der Waals surface area contributed by atoms with Gasteiger partial charge >= 0.3 is 0 Å². The summed E-state index contributed by atoms with van der Waals surface area (Å²) in [6.45, 7) is 1.78. The van der Waals surface area contributed by atoms with Crippen LogP contribution in [-0.4, -0.2) is 9.78 Å². The maximum absolute atomic E-state index is 9.10. The Hall–Kier alpha value is -1.32.